The van der Waals surface area contributed by atoms with Crippen LogP contribution >= 0.6 is 0 Å². The number of nitrogens with zero attached hydrogens (tertiary/aromatic N) is 2. The first-order valence-corrected chi connectivity index (χ1v) is 5.95. The van der Waals surface area contributed by atoms with Crippen molar-refractivity contribution in [1.82, 2.24) is 9.97 Å². The number of nitrogens with one attached hydrogen (secondary N) is 1. The summed E-state index contributed by atoms with van der Waals surface area (Å²) in [7, 11) is 1.30. The van der Waals surface area contributed by atoms with E-state index in [0.29, 0.717) is 5.82 Å². The number of rotatable bonds is 6. The van der Waals surface area contributed by atoms with Crippen molar-refractivity contribution in [3.8, 4) is 0 Å². The number of hydrogen-bond acceptors (Lipinski definition) is 6. The molecule has 6 nitrogen and oxygen atoms in total. The zero-order valence-corrected chi connectivity index (χ0v) is 10.3. The Bertz CT molecular complexity index is 432. The van der Waals surface area contributed by atoms with Gasteiger partial charge in [-0.3, -0.25) is 0 Å². The van der Waals surface area contributed by atoms with Crippen LogP contribution < -0.4 is 5.32 Å². The van der Waals surface area contributed by atoms with E-state index >= 15 is 0 Å². The second-order valence-corrected chi connectivity index (χ2v) is 4.58. The Hall–Kier alpha value is -1.69. The topological polar surface area (TPSA) is 84.3 Å². The summed E-state index contributed by atoms with van der Waals surface area (Å²) in [6.45, 7) is 0.962. The van der Waals surface area contributed by atoms with Crippen LogP contribution in [0.3, 0.4) is 0 Å². The average Bonchev–Trinajstić information content (AvgIpc) is 3.17. The van der Waals surface area contributed by atoms with Crippen LogP contribution in [0.1, 0.15) is 29.9 Å². The maximum atomic E-state index is 11.3. The molecule has 1 heterocycles. The molecule has 2 rings (SSSR count). The monoisotopic (exact) mass is 251 g/mol. The van der Waals surface area contributed by atoms with Crippen molar-refractivity contribution in [1.29, 1.82) is 0 Å². The van der Waals surface area contributed by atoms with Crippen molar-refractivity contribution in [3.05, 3.63) is 18.1 Å². The van der Waals surface area contributed by atoms with Crippen LogP contribution in [0.5, 0.6) is 0 Å². The van der Waals surface area contributed by atoms with Gasteiger partial charge in [-0.25, -0.2) is 14.8 Å². The van der Waals surface area contributed by atoms with Crippen molar-refractivity contribution < 1.29 is 14.6 Å². The van der Waals surface area contributed by atoms with Crippen LogP contribution in [0.15, 0.2) is 12.3 Å². The molecule has 0 spiro atoms. The lowest BCUT2D eigenvalue weighted by atomic mass is 10.0. The molecule has 0 amide bonds. The predicted molar refractivity (Wildman–Crippen MR) is 65.2 cm³/mol. The molecule has 1 aromatic heterocycles. The van der Waals surface area contributed by atoms with E-state index < -0.39 is 5.97 Å². The molecule has 0 aliphatic heterocycles. The van der Waals surface area contributed by atoms with Gasteiger partial charge in [-0.2, -0.15) is 0 Å². The Labute approximate surface area is 105 Å². The summed E-state index contributed by atoms with van der Waals surface area (Å²) < 4.78 is 4.56. The maximum Gasteiger partial charge on any atom is 0.376 e. The summed E-state index contributed by atoms with van der Waals surface area (Å²) in [6.07, 6.45) is 4.56. The Morgan fingerprint density at radius 3 is 3.00 bits per heavy atom. The van der Waals surface area contributed by atoms with Gasteiger partial charge in [0.25, 0.3) is 0 Å². The maximum absolute atomic E-state index is 11.3. The van der Waals surface area contributed by atoms with Crippen LogP contribution in [-0.4, -0.2) is 41.3 Å². The normalized spacial score (nSPS) is 16.1. The lowest BCUT2D eigenvalue weighted by molar-refractivity contribution is 0.0587. The Balaban J connectivity index is 1.95. The molecule has 6 heteroatoms. The molecule has 1 fully saturated rings. The molecule has 0 unspecified atom stereocenters. The van der Waals surface area contributed by atoms with Gasteiger partial charge in [0, 0.05) is 19.3 Å². The molecule has 0 bridgehead atoms. The third kappa shape index (κ3) is 2.95. The summed E-state index contributed by atoms with van der Waals surface area (Å²) in [5, 5.41) is 12.2. The van der Waals surface area contributed by atoms with Gasteiger partial charge in [-0.15, -0.1) is 0 Å². The smallest absolute Gasteiger partial charge is 0.376 e. The van der Waals surface area contributed by atoms with Gasteiger partial charge in [0.15, 0.2) is 0 Å². The fraction of sp³-hybridized carbons (Fsp3) is 0.583. The van der Waals surface area contributed by atoms with Crippen LogP contribution in [0, 0.1) is 5.41 Å². The second-order valence-electron chi connectivity index (χ2n) is 4.58. The first-order chi connectivity index (χ1) is 8.69. The summed E-state index contributed by atoms with van der Waals surface area (Å²) >= 11 is 0. The van der Waals surface area contributed by atoms with E-state index in [1.807, 2.05) is 0 Å². The number of methoxy groups -OCH3 is 1. The predicted octanol–water partition coefficient (Wildman–Crippen LogP) is 0.838. The number of aromatic nitrogens is 2. The molecule has 0 atom stereocenters. The molecule has 98 valence electrons. The zero-order valence-electron chi connectivity index (χ0n) is 10.3. The van der Waals surface area contributed by atoms with Crippen molar-refractivity contribution in [2.75, 3.05) is 25.6 Å². The van der Waals surface area contributed by atoms with E-state index in [4.69, 9.17) is 5.11 Å². The first kappa shape index (κ1) is 12.8. The van der Waals surface area contributed by atoms with E-state index in [9.17, 15) is 4.79 Å². The molecule has 1 aromatic rings. The number of aliphatic hydroxyl groups is 1. The highest BCUT2D eigenvalue weighted by Crippen LogP contribution is 2.48. The third-order valence-electron chi connectivity index (χ3n) is 3.27. The van der Waals surface area contributed by atoms with Crippen molar-refractivity contribution >= 4 is 11.8 Å². The van der Waals surface area contributed by atoms with Crippen molar-refractivity contribution in [2.24, 2.45) is 5.41 Å². The van der Waals surface area contributed by atoms with Gasteiger partial charge >= 0.3 is 5.97 Å². The first-order valence-electron chi connectivity index (χ1n) is 5.95. The Morgan fingerprint density at radius 2 is 2.39 bits per heavy atom. The average molecular weight is 251 g/mol. The van der Waals surface area contributed by atoms with Gasteiger partial charge in [-0.1, -0.05) is 0 Å². The molecule has 0 saturated heterocycles. The summed E-state index contributed by atoms with van der Waals surface area (Å²) in [5.74, 6) is 0.110. The van der Waals surface area contributed by atoms with Crippen molar-refractivity contribution in [3.63, 3.8) is 0 Å². The van der Waals surface area contributed by atoms with Crippen LogP contribution in [0.2, 0.25) is 0 Å². The molecule has 0 radical (unpaired) electrons. The number of hydrogen-bond donors (Lipinski definition) is 2. The molecular weight excluding hydrogens is 234 g/mol. The zero-order chi connectivity index (χ0) is 13.0. The lowest BCUT2D eigenvalue weighted by Gasteiger charge is -2.14. The van der Waals surface area contributed by atoms with E-state index in [1.165, 1.54) is 13.3 Å². The number of aliphatic hydroxyl groups excluding tert-OH is 1. The number of anilines is 1. The van der Waals surface area contributed by atoms with Crippen molar-refractivity contribution in [2.45, 2.75) is 19.3 Å². The van der Waals surface area contributed by atoms with Crippen LogP contribution in [0.25, 0.3) is 0 Å². The highest BCUT2D eigenvalue weighted by atomic mass is 16.5. The SMILES string of the molecule is COC(=O)c1nccc(NCC2(CCO)CC2)n1. The number of esters is 1. The largest absolute Gasteiger partial charge is 0.463 e. The number of carbonyl (C=O) groups excluding carboxylic acids is 1. The minimum atomic E-state index is -0.546. The summed E-state index contributed by atoms with van der Waals surface area (Å²) in [5.41, 5.74) is 0.200. The quantitative estimate of drug-likeness (QED) is 0.729. The molecule has 1 saturated carbocycles. The molecule has 1 aliphatic rings. The minimum Gasteiger partial charge on any atom is -0.463 e. The highest BCUT2D eigenvalue weighted by Gasteiger charge is 2.41. The Morgan fingerprint density at radius 1 is 1.61 bits per heavy atom. The number of carbonyl (C=O) groups is 1. The van der Waals surface area contributed by atoms with E-state index in [2.05, 4.69) is 20.0 Å². The Kier molecular flexibility index (Phi) is 3.76. The minimum absolute atomic E-state index is 0.0505. The standard InChI is InChI=1S/C12H17N3O3/c1-18-11(17)10-13-6-2-9(15-10)14-8-12(3-4-12)5-7-16/h2,6,16H,3-5,7-8H2,1H3,(H,13,14,15). The van der Waals surface area contributed by atoms with E-state index in [1.54, 1.807) is 6.07 Å². The lowest BCUT2D eigenvalue weighted by Crippen LogP contribution is -2.18. The van der Waals surface area contributed by atoms with E-state index in [-0.39, 0.29) is 17.8 Å². The molecule has 1 aliphatic carbocycles. The van der Waals surface area contributed by atoms with Gasteiger partial charge in [0.2, 0.25) is 5.82 Å². The van der Waals surface area contributed by atoms with Gasteiger partial charge in [0.05, 0.1) is 7.11 Å². The van der Waals surface area contributed by atoms with Gasteiger partial charge in [-0.05, 0) is 30.7 Å². The summed E-state index contributed by atoms with van der Waals surface area (Å²) in [4.78, 5) is 19.2. The molecule has 0 aromatic carbocycles. The molecular formula is C12H17N3O3. The van der Waals surface area contributed by atoms with Gasteiger partial charge in [0.1, 0.15) is 5.82 Å². The van der Waals surface area contributed by atoms with Crippen LogP contribution in [-0.2, 0) is 4.74 Å². The summed E-state index contributed by atoms with van der Waals surface area (Å²) in [6, 6.07) is 1.71. The molecule has 2 N–H and O–H groups in total. The van der Waals surface area contributed by atoms with Crippen LogP contribution in [0.4, 0.5) is 5.82 Å². The van der Waals surface area contributed by atoms with Gasteiger partial charge < -0.3 is 15.2 Å². The second kappa shape index (κ2) is 5.30. The highest BCUT2D eigenvalue weighted by molar-refractivity contribution is 5.85. The molecule has 18 heavy (non-hydrogen) atoms. The fourth-order valence-electron chi connectivity index (χ4n) is 1.85. The number of ether oxygens (including phenoxy) is 1. The third-order valence-corrected chi connectivity index (χ3v) is 3.27. The van der Waals surface area contributed by atoms with E-state index in [0.717, 1.165) is 25.8 Å². The fourth-order valence-corrected chi connectivity index (χ4v) is 1.85.